The largest absolute Gasteiger partial charge is 0.357 e. The van der Waals surface area contributed by atoms with Crippen molar-refractivity contribution in [2.24, 2.45) is 0 Å². The van der Waals surface area contributed by atoms with Crippen LogP contribution in [0.15, 0.2) is 48.7 Å². The first-order valence-corrected chi connectivity index (χ1v) is 8.84. The molecule has 1 aliphatic rings. The normalized spacial score (nSPS) is 15.5. The van der Waals surface area contributed by atoms with E-state index in [4.69, 9.17) is 9.97 Å². The van der Waals surface area contributed by atoms with E-state index < -0.39 is 0 Å². The summed E-state index contributed by atoms with van der Waals surface area (Å²) in [6.45, 7) is 4.05. The number of nitrogens with zero attached hydrogens (tertiary/aromatic N) is 5. The number of benzene rings is 1. The first-order valence-electron chi connectivity index (χ1n) is 8.84. The number of aromatic nitrogens is 3. The molecule has 5 nitrogen and oxygen atoms in total. The molecule has 1 saturated heterocycles. The molecule has 4 rings (SSSR count). The van der Waals surface area contributed by atoms with Crippen molar-refractivity contribution in [1.82, 2.24) is 15.0 Å². The molecule has 25 heavy (non-hydrogen) atoms. The van der Waals surface area contributed by atoms with Crippen LogP contribution in [0.3, 0.4) is 0 Å². The number of piperidine rings is 1. The second-order valence-corrected chi connectivity index (χ2v) is 6.64. The number of para-hydroxylation sites is 2. The minimum atomic E-state index is 0.514. The van der Waals surface area contributed by atoms with Crippen molar-refractivity contribution in [3.8, 4) is 0 Å². The van der Waals surface area contributed by atoms with E-state index in [9.17, 15) is 0 Å². The average Bonchev–Trinajstić information content (AvgIpc) is 2.68. The Balaban J connectivity index is 1.49. The zero-order chi connectivity index (χ0) is 17.2. The molecule has 3 aromatic rings. The first kappa shape index (κ1) is 15.8. The van der Waals surface area contributed by atoms with Crippen molar-refractivity contribution in [2.75, 3.05) is 29.9 Å². The Morgan fingerprint density at radius 1 is 0.960 bits per heavy atom. The number of anilines is 2. The van der Waals surface area contributed by atoms with Crippen LogP contribution in [0.4, 0.5) is 11.6 Å². The quantitative estimate of drug-likeness (QED) is 0.735. The maximum Gasteiger partial charge on any atom is 0.150 e. The topological polar surface area (TPSA) is 45.2 Å². The van der Waals surface area contributed by atoms with Gasteiger partial charge in [0.1, 0.15) is 5.82 Å². The van der Waals surface area contributed by atoms with E-state index in [0.29, 0.717) is 6.04 Å². The summed E-state index contributed by atoms with van der Waals surface area (Å²) in [5.41, 5.74) is 2.94. The Kier molecular flexibility index (Phi) is 4.22. The standard InChI is InChI=1S/C20H23N5/c1-15-20(23-18-8-4-3-7-17(18)22-15)25-13-10-16(11-14-25)24(2)19-9-5-6-12-21-19/h3-9,12,16H,10-11,13-14H2,1-2H3. The molecular weight excluding hydrogens is 310 g/mol. The van der Waals surface area contributed by atoms with Gasteiger partial charge in [0.25, 0.3) is 0 Å². The van der Waals surface area contributed by atoms with Crippen molar-refractivity contribution < 1.29 is 0 Å². The number of rotatable bonds is 3. The van der Waals surface area contributed by atoms with Crippen LogP contribution in [0.5, 0.6) is 0 Å². The predicted octanol–water partition coefficient (Wildman–Crippen LogP) is 3.44. The SMILES string of the molecule is Cc1nc2ccccc2nc1N1CCC(N(C)c2ccccn2)CC1. The van der Waals surface area contributed by atoms with Gasteiger partial charge in [0.05, 0.1) is 16.7 Å². The van der Waals surface area contributed by atoms with Crippen molar-refractivity contribution >= 4 is 22.7 Å². The highest BCUT2D eigenvalue weighted by atomic mass is 15.2. The molecule has 0 spiro atoms. The number of hydrogen-bond acceptors (Lipinski definition) is 5. The van der Waals surface area contributed by atoms with Crippen LogP contribution in [-0.4, -0.2) is 41.1 Å². The second-order valence-electron chi connectivity index (χ2n) is 6.64. The van der Waals surface area contributed by atoms with Crippen LogP contribution in [0.1, 0.15) is 18.5 Å². The van der Waals surface area contributed by atoms with Crippen LogP contribution in [0, 0.1) is 6.92 Å². The highest BCUT2D eigenvalue weighted by molar-refractivity contribution is 5.76. The molecule has 0 saturated carbocycles. The molecule has 0 bridgehead atoms. The molecule has 1 aromatic carbocycles. The average molecular weight is 333 g/mol. The Labute approximate surface area is 148 Å². The molecule has 0 unspecified atom stereocenters. The summed E-state index contributed by atoms with van der Waals surface area (Å²) in [6, 6.07) is 14.7. The van der Waals surface area contributed by atoms with Gasteiger partial charge in [0.15, 0.2) is 5.82 Å². The van der Waals surface area contributed by atoms with Gasteiger partial charge in [-0.25, -0.2) is 15.0 Å². The second kappa shape index (κ2) is 6.67. The third kappa shape index (κ3) is 3.14. The molecule has 0 atom stereocenters. The van der Waals surface area contributed by atoms with Crippen molar-refractivity contribution in [1.29, 1.82) is 0 Å². The number of pyridine rings is 1. The minimum absolute atomic E-state index is 0.514. The lowest BCUT2D eigenvalue weighted by atomic mass is 10.0. The van der Waals surface area contributed by atoms with Crippen molar-refractivity contribution in [2.45, 2.75) is 25.8 Å². The summed E-state index contributed by atoms with van der Waals surface area (Å²) in [5, 5.41) is 0. The van der Waals surface area contributed by atoms with Crippen LogP contribution < -0.4 is 9.80 Å². The number of hydrogen-bond donors (Lipinski definition) is 0. The summed E-state index contributed by atoms with van der Waals surface area (Å²) in [6.07, 6.45) is 4.05. The molecule has 3 heterocycles. The lowest BCUT2D eigenvalue weighted by Gasteiger charge is -2.38. The van der Waals surface area contributed by atoms with Gasteiger partial charge in [-0.05, 0) is 44.0 Å². The van der Waals surface area contributed by atoms with Gasteiger partial charge in [0, 0.05) is 32.4 Å². The van der Waals surface area contributed by atoms with Crippen LogP contribution in [0.2, 0.25) is 0 Å². The number of aryl methyl sites for hydroxylation is 1. The summed E-state index contributed by atoms with van der Waals surface area (Å²) < 4.78 is 0. The summed E-state index contributed by atoms with van der Waals surface area (Å²) in [4.78, 5) is 18.7. The lowest BCUT2D eigenvalue weighted by Crippen LogP contribution is -2.44. The predicted molar refractivity (Wildman–Crippen MR) is 102 cm³/mol. The molecule has 0 N–H and O–H groups in total. The summed E-state index contributed by atoms with van der Waals surface area (Å²) in [7, 11) is 2.14. The minimum Gasteiger partial charge on any atom is -0.357 e. The highest BCUT2D eigenvalue weighted by Crippen LogP contribution is 2.26. The van der Waals surface area contributed by atoms with E-state index in [1.54, 1.807) is 0 Å². The van der Waals surface area contributed by atoms with Gasteiger partial charge >= 0.3 is 0 Å². The maximum atomic E-state index is 4.86. The van der Waals surface area contributed by atoms with E-state index >= 15 is 0 Å². The van der Waals surface area contributed by atoms with E-state index in [-0.39, 0.29) is 0 Å². The Morgan fingerprint density at radius 3 is 2.32 bits per heavy atom. The molecule has 0 radical (unpaired) electrons. The van der Waals surface area contributed by atoms with Gasteiger partial charge in [-0.2, -0.15) is 0 Å². The van der Waals surface area contributed by atoms with Gasteiger partial charge < -0.3 is 9.80 Å². The Bertz CT molecular complexity index is 856. The van der Waals surface area contributed by atoms with E-state index in [1.807, 2.05) is 42.6 Å². The van der Waals surface area contributed by atoms with Crippen molar-refractivity contribution in [3.05, 3.63) is 54.4 Å². The summed E-state index contributed by atoms with van der Waals surface area (Å²) in [5.74, 6) is 2.07. The molecule has 0 aliphatic carbocycles. The molecule has 0 amide bonds. The smallest absolute Gasteiger partial charge is 0.150 e. The monoisotopic (exact) mass is 333 g/mol. The molecule has 5 heteroatoms. The van der Waals surface area contributed by atoms with Crippen LogP contribution in [0.25, 0.3) is 11.0 Å². The van der Waals surface area contributed by atoms with Crippen LogP contribution >= 0.6 is 0 Å². The Hall–Kier alpha value is -2.69. The third-order valence-electron chi connectivity index (χ3n) is 5.04. The number of fused-ring (bicyclic) bond motifs is 1. The van der Waals surface area contributed by atoms with E-state index in [2.05, 4.69) is 34.8 Å². The maximum absolute atomic E-state index is 4.86. The van der Waals surface area contributed by atoms with E-state index in [0.717, 1.165) is 54.3 Å². The molecule has 1 aliphatic heterocycles. The Morgan fingerprint density at radius 2 is 1.64 bits per heavy atom. The molecule has 128 valence electrons. The van der Waals surface area contributed by atoms with Gasteiger partial charge in [-0.3, -0.25) is 0 Å². The lowest BCUT2D eigenvalue weighted by molar-refractivity contribution is 0.477. The fraction of sp³-hybridized carbons (Fsp3) is 0.350. The van der Waals surface area contributed by atoms with Gasteiger partial charge in [0.2, 0.25) is 0 Å². The van der Waals surface area contributed by atoms with Crippen molar-refractivity contribution in [3.63, 3.8) is 0 Å². The zero-order valence-electron chi connectivity index (χ0n) is 14.8. The van der Waals surface area contributed by atoms with Gasteiger partial charge in [-0.15, -0.1) is 0 Å². The zero-order valence-corrected chi connectivity index (χ0v) is 14.8. The third-order valence-corrected chi connectivity index (χ3v) is 5.04. The fourth-order valence-corrected chi connectivity index (χ4v) is 3.59. The fourth-order valence-electron chi connectivity index (χ4n) is 3.59. The van der Waals surface area contributed by atoms with Crippen LogP contribution in [-0.2, 0) is 0 Å². The highest BCUT2D eigenvalue weighted by Gasteiger charge is 2.25. The summed E-state index contributed by atoms with van der Waals surface area (Å²) >= 11 is 0. The first-order chi connectivity index (χ1) is 12.2. The van der Waals surface area contributed by atoms with E-state index in [1.165, 1.54) is 0 Å². The molecular formula is C20H23N5. The molecule has 2 aromatic heterocycles. The van der Waals surface area contributed by atoms with Gasteiger partial charge in [-0.1, -0.05) is 18.2 Å². The molecule has 1 fully saturated rings.